The minimum atomic E-state index is -0.356. The van der Waals surface area contributed by atoms with Crippen molar-refractivity contribution in [3.63, 3.8) is 0 Å². The van der Waals surface area contributed by atoms with Crippen LogP contribution in [0.2, 0.25) is 0 Å². The molecule has 0 spiro atoms. The van der Waals surface area contributed by atoms with E-state index in [-0.39, 0.29) is 36.7 Å². The molecule has 0 saturated carbocycles. The minimum Gasteiger partial charge on any atom is -0.378 e. The number of rotatable bonds is 9. The predicted octanol–water partition coefficient (Wildman–Crippen LogP) is 3.28. The standard InChI is InChI=1S/C22H25FN2O4/c23-20-6-2-1-4-17(20)14-24-22(27)16-7-9-18(10-8-16)25-21(26)11-13-28-15-19-5-3-12-29-19/h1-2,4,6-10,19H,3,5,11-15H2,(H,24,27)(H,25,26). The van der Waals surface area contributed by atoms with Crippen LogP contribution in [0.15, 0.2) is 48.5 Å². The average Bonchev–Trinajstić information content (AvgIpc) is 3.24. The van der Waals surface area contributed by atoms with Crippen LogP contribution < -0.4 is 10.6 Å². The van der Waals surface area contributed by atoms with Crippen molar-refractivity contribution in [2.45, 2.75) is 31.9 Å². The molecule has 2 aromatic rings. The molecule has 0 radical (unpaired) electrons. The molecule has 2 amide bonds. The van der Waals surface area contributed by atoms with Crippen LogP contribution in [0.1, 0.15) is 35.2 Å². The highest BCUT2D eigenvalue weighted by molar-refractivity contribution is 5.95. The third-order valence-corrected chi connectivity index (χ3v) is 4.63. The number of anilines is 1. The third-order valence-electron chi connectivity index (χ3n) is 4.63. The Bertz CT molecular complexity index is 820. The lowest BCUT2D eigenvalue weighted by molar-refractivity contribution is -0.117. The summed E-state index contributed by atoms with van der Waals surface area (Å²) in [6, 6.07) is 12.8. The molecule has 1 unspecified atom stereocenters. The molecular formula is C22H25FN2O4. The van der Waals surface area contributed by atoms with Crippen molar-refractivity contribution in [2.24, 2.45) is 0 Å². The number of carbonyl (C=O) groups is 2. The first-order chi connectivity index (χ1) is 14.1. The first kappa shape index (κ1) is 21.0. The van der Waals surface area contributed by atoms with Crippen molar-refractivity contribution < 1.29 is 23.5 Å². The Hall–Kier alpha value is -2.77. The van der Waals surface area contributed by atoms with Gasteiger partial charge in [-0.1, -0.05) is 18.2 Å². The summed E-state index contributed by atoms with van der Waals surface area (Å²) in [4.78, 5) is 24.2. The van der Waals surface area contributed by atoms with Gasteiger partial charge in [-0.05, 0) is 43.2 Å². The first-order valence-corrected chi connectivity index (χ1v) is 9.72. The number of benzene rings is 2. The average molecular weight is 400 g/mol. The molecule has 1 saturated heterocycles. The molecule has 2 N–H and O–H groups in total. The lowest BCUT2D eigenvalue weighted by Crippen LogP contribution is -2.23. The summed E-state index contributed by atoms with van der Waals surface area (Å²) in [5.41, 5.74) is 1.45. The topological polar surface area (TPSA) is 76.7 Å². The van der Waals surface area contributed by atoms with Crippen LogP contribution in [-0.4, -0.2) is 37.7 Å². The Balaban J connectivity index is 1.39. The molecule has 1 aliphatic heterocycles. The van der Waals surface area contributed by atoms with E-state index in [9.17, 15) is 14.0 Å². The van der Waals surface area contributed by atoms with Gasteiger partial charge >= 0.3 is 0 Å². The molecule has 0 aliphatic carbocycles. The van der Waals surface area contributed by atoms with E-state index in [0.717, 1.165) is 19.4 Å². The molecule has 1 heterocycles. The van der Waals surface area contributed by atoms with Crippen molar-refractivity contribution in [3.05, 3.63) is 65.5 Å². The zero-order valence-electron chi connectivity index (χ0n) is 16.2. The maximum Gasteiger partial charge on any atom is 0.251 e. The Morgan fingerprint density at radius 1 is 1.14 bits per heavy atom. The molecule has 2 aromatic carbocycles. The largest absolute Gasteiger partial charge is 0.378 e. The van der Waals surface area contributed by atoms with E-state index in [4.69, 9.17) is 9.47 Å². The minimum absolute atomic E-state index is 0.107. The van der Waals surface area contributed by atoms with Gasteiger partial charge in [0.25, 0.3) is 5.91 Å². The van der Waals surface area contributed by atoms with Gasteiger partial charge in [-0.15, -0.1) is 0 Å². The molecule has 1 atom stereocenters. The van der Waals surface area contributed by atoms with E-state index in [1.54, 1.807) is 42.5 Å². The summed E-state index contributed by atoms with van der Waals surface area (Å²) in [5, 5.41) is 5.45. The summed E-state index contributed by atoms with van der Waals surface area (Å²) >= 11 is 0. The van der Waals surface area contributed by atoms with Crippen LogP contribution in [0.3, 0.4) is 0 Å². The maximum absolute atomic E-state index is 13.6. The smallest absolute Gasteiger partial charge is 0.251 e. The maximum atomic E-state index is 13.6. The van der Waals surface area contributed by atoms with Gasteiger partial charge in [-0.3, -0.25) is 9.59 Å². The molecule has 6 nitrogen and oxygen atoms in total. The highest BCUT2D eigenvalue weighted by atomic mass is 19.1. The summed E-state index contributed by atoms with van der Waals surface area (Å²) in [6.07, 6.45) is 2.46. The molecule has 0 bridgehead atoms. The van der Waals surface area contributed by atoms with Crippen LogP contribution in [0, 0.1) is 5.82 Å². The van der Waals surface area contributed by atoms with E-state index in [0.29, 0.717) is 30.0 Å². The van der Waals surface area contributed by atoms with Gasteiger partial charge in [0.05, 0.1) is 25.7 Å². The Kier molecular flexibility index (Phi) is 7.72. The van der Waals surface area contributed by atoms with E-state index < -0.39 is 0 Å². The van der Waals surface area contributed by atoms with Crippen molar-refractivity contribution in [2.75, 3.05) is 25.1 Å². The van der Waals surface area contributed by atoms with Crippen molar-refractivity contribution in [1.82, 2.24) is 5.32 Å². The number of carbonyl (C=O) groups excluding carboxylic acids is 2. The molecule has 1 aliphatic rings. The van der Waals surface area contributed by atoms with Gasteiger partial charge in [-0.25, -0.2) is 4.39 Å². The van der Waals surface area contributed by atoms with Crippen molar-refractivity contribution in [3.8, 4) is 0 Å². The first-order valence-electron chi connectivity index (χ1n) is 9.72. The fourth-order valence-corrected chi connectivity index (χ4v) is 3.00. The number of hydrogen-bond acceptors (Lipinski definition) is 4. The quantitative estimate of drug-likeness (QED) is 0.634. The molecule has 7 heteroatoms. The molecular weight excluding hydrogens is 375 g/mol. The van der Waals surface area contributed by atoms with Gasteiger partial charge in [0, 0.05) is 30.0 Å². The zero-order valence-corrected chi connectivity index (χ0v) is 16.2. The number of ether oxygens (including phenoxy) is 2. The fraction of sp³-hybridized carbons (Fsp3) is 0.364. The van der Waals surface area contributed by atoms with E-state index >= 15 is 0 Å². The second-order valence-electron chi connectivity index (χ2n) is 6.86. The lowest BCUT2D eigenvalue weighted by Gasteiger charge is -2.10. The van der Waals surface area contributed by atoms with E-state index in [1.165, 1.54) is 6.07 Å². The number of amides is 2. The molecule has 3 rings (SSSR count). The molecule has 0 aromatic heterocycles. The highest BCUT2D eigenvalue weighted by Crippen LogP contribution is 2.13. The zero-order chi connectivity index (χ0) is 20.5. The summed E-state index contributed by atoms with van der Waals surface area (Å²) < 4.78 is 24.5. The van der Waals surface area contributed by atoms with Crippen LogP contribution in [0.25, 0.3) is 0 Å². The van der Waals surface area contributed by atoms with Gasteiger partial charge in [0.15, 0.2) is 0 Å². The summed E-state index contributed by atoms with van der Waals surface area (Å²) in [7, 11) is 0. The van der Waals surface area contributed by atoms with Gasteiger partial charge in [0.2, 0.25) is 5.91 Å². The third kappa shape index (κ3) is 6.66. The van der Waals surface area contributed by atoms with Crippen LogP contribution in [0.5, 0.6) is 0 Å². The van der Waals surface area contributed by atoms with Crippen molar-refractivity contribution >= 4 is 17.5 Å². The molecule has 1 fully saturated rings. The van der Waals surface area contributed by atoms with E-state index in [1.807, 2.05) is 0 Å². The van der Waals surface area contributed by atoms with Crippen LogP contribution in [-0.2, 0) is 20.8 Å². The lowest BCUT2D eigenvalue weighted by atomic mass is 10.1. The van der Waals surface area contributed by atoms with Crippen molar-refractivity contribution in [1.29, 1.82) is 0 Å². The monoisotopic (exact) mass is 400 g/mol. The Morgan fingerprint density at radius 2 is 1.93 bits per heavy atom. The summed E-state index contributed by atoms with van der Waals surface area (Å²) in [6.45, 7) is 1.74. The number of hydrogen-bond donors (Lipinski definition) is 2. The predicted molar refractivity (Wildman–Crippen MR) is 107 cm³/mol. The van der Waals surface area contributed by atoms with Crippen LogP contribution >= 0.6 is 0 Å². The van der Waals surface area contributed by atoms with Gasteiger partial charge < -0.3 is 20.1 Å². The molecule has 154 valence electrons. The van der Waals surface area contributed by atoms with Gasteiger partial charge in [-0.2, -0.15) is 0 Å². The Morgan fingerprint density at radius 3 is 2.66 bits per heavy atom. The number of halogens is 1. The second-order valence-corrected chi connectivity index (χ2v) is 6.86. The summed E-state index contributed by atoms with van der Waals surface area (Å²) in [5.74, 6) is -0.826. The SMILES string of the molecule is O=C(CCOCC1CCCO1)Nc1ccc(C(=O)NCc2ccccc2F)cc1. The number of nitrogens with one attached hydrogen (secondary N) is 2. The Labute approximate surface area is 169 Å². The molecule has 29 heavy (non-hydrogen) atoms. The normalized spacial score (nSPS) is 15.8. The van der Waals surface area contributed by atoms with Crippen LogP contribution in [0.4, 0.5) is 10.1 Å². The van der Waals surface area contributed by atoms with E-state index in [2.05, 4.69) is 10.6 Å². The second kappa shape index (κ2) is 10.7. The fourth-order valence-electron chi connectivity index (χ4n) is 3.00. The van der Waals surface area contributed by atoms with Gasteiger partial charge in [0.1, 0.15) is 5.82 Å². The highest BCUT2D eigenvalue weighted by Gasteiger charge is 2.15.